The van der Waals surface area contributed by atoms with Gasteiger partial charge in [0.25, 0.3) is 0 Å². The minimum atomic E-state index is 0.925. The predicted octanol–water partition coefficient (Wildman–Crippen LogP) is 3.34. The van der Waals surface area contributed by atoms with Crippen LogP contribution in [0, 0.1) is 5.92 Å². The molecule has 0 saturated carbocycles. The lowest BCUT2D eigenvalue weighted by atomic mass is 10.0. The molecule has 1 aliphatic heterocycles. The molecule has 0 aliphatic carbocycles. The highest BCUT2D eigenvalue weighted by Gasteiger charge is 2.04. The van der Waals surface area contributed by atoms with Crippen LogP contribution in [-0.2, 0) is 7.05 Å². The van der Waals surface area contributed by atoms with Crippen molar-refractivity contribution < 1.29 is 0 Å². The maximum absolute atomic E-state index is 4.26. The molecule has 1 aromatic carbocycles. The second-order valence-corrected chi connectivity index (χ2v) is 5.87. The number of nitrogens with zero attached hydrogens (tertiary/aromatic N) is 2. The van der Waals surface area contributed by atoms with Crippen molar-refractivity contribution in [3.8, 4) is 0 Å². The van der Waals surface area contributed by atoms with E-state index in [0.29, 0.717) is 0 Å². The molecule has 18 heavy (non-hydrogen) atoms. The Bertz CT molecular complexity index is 501. The number of benzene rings is 1. The van der Waals surface area contributed by atoms with Gasteiger partial charge in [-0.1, -0.05) is 28.9 Å². The Balaban J connectivity index is 0.000000149. The van der Waals surface area contributed by atoms with Gasteiger partial charge in [-0.05, 0) is 44.0 Å². The molecule has 3 rings (SSSR count). The molecule has 2 aromatic rings. The zero-order valence-corrected chi connectivity index (χ0v) is 12.6. The first-order chi connectivity index (χ1) is 8.65. The quantitative estimate of drug-likeness (QED) is 0.809. The Morgan fingerprint density at radius 1 is 1.44 bits per heavy atom. The van der Waals surface area contributed by atoms with Crippen molar-refractivity contribution in [1.82, 2.24) is 15.1 Å². The molecule has 1 aliphatic rings. The molecule has 0 amide bonds. The SMILES string of the molecule is CC1CCCNC1.Cn1cc2ccc(Br)cc2n1. The van der Waals surface area contributed by atoms with Gasteiger partial charge in [0.05, 0.1) is 5.52 Å². The summed E-state index contributed by atoms with van der Waals surface area (Å²) in [4.78, 5) is 0. The Morgan fingerprint density at radius 2 is 2.28 bits per heavy atom. The van der Waals surface area contributed by atoms with Gasteiger partial charge in [0.15, 0.2) is 0 Å². The molecule has 0 bridgehead atoms. The summed E-state index contributed by atoms with van der Waals surface area (Å²) in [5.41, 5.74) is 1.03. The minimum absolute atomic E-state index is 0.925. The maximum Gasteiger partial charge on any atom is 0.0934 e. The highest BCUT2D eigenvalue weighted by Crippen LogP contribution is 2.17. The van der Waals surface area contributed by atoms with E-state index < -0.39 is 0 Å². The number of fused-ring (bicyclic) bond motifs is 1. The Kier molecular flexibility index (Phi) is 4.78. The number of aromatic nitrogens is 2. The van der Waals surface area contributed by atoms with Gasteiger partial charge in [-0.3, -0.25) is 4.68 Å². The molecule has 3 nitrogen and oxygen atoms in total. The maximum atomic E-state index is 4.26. The molecule has 1 aromatic heterocycles. The fraction of sp³-hybridized carbons (Fsp3) is 0.500. The second kappa shape index (κ2) is 6.34. The average molecular weight is 310 g/mol. The van der Waals surface area contributed by atoms with Crippen molar-refractivity contribution >= 4 is 26.8 Å². The first-order valence-corrected chi connectivity index (χ1v) is 7.24. The third-order valence-electron chi connectivity index (χ3n) is 3.13. The molecule has 2 heterocycles. The van der Waals surface area contributed by atoms with Gasteiger partial charge < -0.3 is 5.32 Å². The van der Waals surface area contributed by atoms with Crippen molar-refractivity contribution in [2.45, 2.75) is 19.8 Å². The second-order valence-electron chi connectivity index (χ2n) is 4.96. The van der Waals surface area contributed by atoms with Crippen molar-refractivity contribution in [3.63, 3.8) is 0 Å². The van der Waals surface area contributed by atoms with E-state index in [1.807, 2.05) is 36.1 Å². The van der Waals surface area contributed by atoms with Crippen LogP contribution in [0.1, 0.15) is 19.8 Å². The molecule has 4 heteroatoms. The summed E-state index contributed by atoms with van der Waals surface area (Å²) in [6, 6.07) is 6.08. The van der Waals surface area contributed by atoms with Gasteiger partial charge in [0, 0.05) is 23.1 Å². The average Bonchev–Trinajstić information content (AvgIpc) is 2.70. The van der Waals surface area contributed by atoms with Crippen molar-refractivity contribution in [2.24, 2.45) is 13.0 Å². The lowest BCUT2D eigenvalue weighted by Gasteiger charge is -2.17. The first kappa shape index (κ1) is 13.6. The van der Waals surface area contributed by atoms with E-state index in [9.17, 15) is 0 Å². The number of nitrogens with one attached hydrogen (secondary N) is 1. The summed E-state index contributed by atoms with van der Waals surface area (Å²) < 4.78 is 2.89. The summed E-state index contributed by atoms with van der Waals surface area (Å²) in [5, 5.41) is 8.77. The van der Waals surface area contributed by atoms with Crippen molar-refractivity contribution in [3.05, 3.63) is 28.9 Å². The number of halogens is 1. The summed E-state index contributed by atoms with van der Waals surface area (Å²) in [6.07, 6.45) is 4.80. The number of hydrogen-bond donors (Lipinski definition) is 1. The Hall–Kier alpha value is -0.870. The van der Waals surface area contributed by atoms with E-state index in [1.54, 1.807) is 0 Å². The van der Waals surface area contributed by atoms with Crippen LogP contribution in [0.2, 0.25) is 0 Å². The number of hydrogen-bond acceptors (Lipinski definition) is 2. The fourth-order valence-corrected chi connectivity index (χ4v) is 2.49. The highest BCUT2D eigenvalue weighted by molar-refractivity contribution is 9.10. The highest BCUT2D eigenvalue weighted by atomic mass is 79.9. The summed E-state index contributed by atoms with van der Waals surface area (Å²) >= 11 is 3.39. The van der Waals surface area contributed by atoms with E-state index in [2.05, 4.69) is 33.3 Å². The van der Waals surface area contributed by atoms with E-state index in [4.69, 9.17) is 0 Å². The summed E-state index contributed by atoms with van der Waals surface area (Å²) in [7, 11) is 1.92. The van der Waals surface area contributed by atoms with Crippen LogP contribution in [0.25, 0.3) is 10.9 Å². The molecule has 1 N–H and O–H groups in total. The molecule has 0 radical (unpaired) electrons. The van der Waals surface area contributed by atoms with Crippen LogP contribution in [0.3, 0.4) is 0 Å². The minimum Gasteiger partial charge on any atom is -0.316 e. The van der Waals surface area contributed by atoms with Gasteiger partial charge >= 0.3 is 0 Å². The Labute approximate surface area is 117 Å². The third-order valence-corrected chi connectivity index (χ3v) is 3.62. The number of rotatable bonds is 0. The van der Waals surface area contributed by atoms with Crippen LogP contribution in [0.15, 0.2) is 28.9 Å². The molecular weight excluding hydrogens is 290 g/mol. The monoisotopic (exact) mass is 309 g/mol. The summed E-state index contributed by atoms with van der Waals surface area (Å²) in [6.45, 7) is 4.77. The van der Waals surface area contributed by atoms with Crippen LogP contribution < -0.4 is 5.32 Å². The van der Waals surface area contributed by atoms with Crippen LogP contribution in [-0.4, -0.2) is 22.9 Å². The Morgan fingerprint density at radius 3 is 2.89 bits per heavy atom. The van der Waals surface area contributed by atoms with Gasteiger partial charge in [-0.25, -0.2) is 0 Å². The van der Waals surface area contributed by atoms with E-state index in [1.165, 1.54) is 31.3 Å². The van der Waals surface area contributed by atoms with Gasteiger partial charge in [0.2, 0.25) is 0 Å². The topological polar surface area (TPSA) is 29.9 Å². The zero-order valence-electron chi connectivity index (χ0n) is 11.0. The van der Waals surface area contributed by atoms with Gasteiger partial charge in [-0.15, -0.1) is 0 Å². The molecule has 1 saturated heterocycles. The molecule has 1 atom stereocenters. The van der Waals surface area contributed by atoms with Gasteiger partial charge in [-0.2, -0.15) is 5.10 Å². The fourth-order valence-electron chi connectivity index (χ4n) is 2.14. The molecule has 1 fully saturated rings. The predicted molar refractivity (Wildman–Crippen MR) is 79.7 cm³/mol. The van der Waals surface area contributed by atoms with E-state index >= 15 is 0 Å². The third kappa shape index (κ3) is 3.82. The van der Waals surface area contributed by atoms with Gasteiger partial charge in [0.1, 0.15) is 0 Å². The number of piperidine rings is 1. The number of aryl methyl sites for hydroxylation is 1. The lowest BCUT2D eigenvalue weighted by Crippen LogP contribution is -2.27. The molecule has 98 valence electrons. The smallest absolute Gasteiger partial charge is 0.0934 e. The van der Waals surface area contributed by atoms with Crippen LogP contribution in [0.5, 0.6) is 0 Å². The molecule has 1 unspecified atom stereocenters. The lowest BCUT2D eigenvalue weighted by molar-refractivity contribution is 0.405. The standard InChI is InChI=1S/C8H7BrN2.C6H13N/c1-11-5-6-2-3-7(9)4-8(6)10-11;1-6-3-2-4-7-5-6/h2-5H,1H3;6-7H,2-5H2,1H3. The van der Waals surface area contributed by atoms with Crippen molar-refractivity contribution in [2.75, 3.05) is 13.1 Å². The van der Waals surface area contributed by atoms with E-state index in [-0.39, 0.29) is 0 Å². The summed E-state index contributed by atoms with van der Waals surface area (Å²) in [5.74, 6) is 0.925. The largest absolute Gasteiger partial charge is 0.316 e. The van der Waals surface area contributed by atoms with Crippen LogP contribution in [0.4, 0.5) is 0 Å². The molecular formula is C14H20BrN3. The van der Waals surface area contributed by atoms with Crippen LogP contribution >= 0.6 is 15.9 Å². The van der Waals surface area contributed by atoms with Crippen molar-refractivity contribution in [1.29, 1.82) is 0 Å². The van der Waals surface area contributed by atoms with E-state index in [0.717, 1.165) is 15.9 Å². The normalized spacial score (nSPS) is 19.4. The molecule has 0 spiro atoms. The zero-order chi connectivity index (χ0) is 13.0. The first-order valence-electron chi connectivity index (χ1n) is 6.45.